The van der Waals surface area contributed by atoms with Gasteiger partial charge in [0.1, 0.15) is 5.83 Å². The molecule has 0 fully saturated rings. The average Bonchev–Trinajstić information content (AvgIpc) is 2.52. The molecule has 0 aromatic heterocycles. The second kappa shape index (κ2) is 6.85. The fraction of sp³-hybridized carbons (Fsp3) is 0.375. The number of ether oxygens (including phenoxy) is 2. The zero-order chi connectivity index (χ0) is 16.3. The van der Waals surface area contributed by atoms with Gasteiger partial charge in [0.25, 0.3) is 0 Å². The minimum atomic E-state index is -1.47. The third-order valence-corrected chi connectivity index (χ3v) is 3.35. The third kappa shape index (κ3) is 3.26. The van der Waals surface area contributed by atoms with Crippen LogP contribution < -0.4 is 4.74 Å². The monoisotopic (exact) mass is 316 g/mol. The van der Waals surface area contributed by atoms with Gasteiger partial charge in [-0.15, -0.1) is 0 Å². The zero-order valence-corrected chi connectivity index (χ0v) is 12.3. The Hall–Kier alpha value is -1.98. The molecule has 1 aliphatic rings. The van der Waals surface area contributed by atoms with E-state index < -0.39 is 34.8 Å². The van der Waals surface area contributed by atoms with Crippen LogP contribution in [0.15, 0.2) is 29.8 Å². The van der Waals surface area contributed by atoms with Crippen LogP contribution in [0, 0.1) is 17.6 Å². The average molecular weight is 316 g/mol. The molecule has 0 saturated heterocycles. The van der Waals surface area contributed by atoms with Crippen molar-refractivity contribution in [3.63, 3.8) is 0 Å². The van der Waals surface area contributed by atoms with E-state index in [2.05, 4.69) is 0 Å². The lowest BCUT2D eigenvalue weighted by Gasteiger charge is -2.20. The van der Waals surface area contributed by atoms with Gasteiger partial charge in [0.2, 0.25) is 5.82 Å². The molecule has 0 bridgehead atoms. The summed E-state index contributed by atoms with van der Waals surface area (Å²) in [5.41, 5.74) is -0.760. The number of benzene rings is 1. The van der Waals surface area contributed by atoms with Gasteiger partial charge in [-0.1, -0.05) is 0 Å². The van der Waals surface area contributed by atoms with E-state index in [0.717, 1.165) is 12.1 Å². The van der Waals surface area contributed by atoms with Crippen molar-refractivity contribution in [2.75, 3.05) is 13.2 Å². The molecule has 0 amide bonds. The summed E-state index contributed by atoms with van der Waals surface area (Å²) in [6.45, 7) is 3.40. The summed E-state index contributed by atoms with van der Waals surface area (Å²) in [5, 5.41) is 0. The molecule has 0 N–H and O–H groups in total. The molecule has 22 heavy (non-hydrogen) atoms. The van der Waals surface area contributed by atoms with Crippen LogP contribution in [0.4, 0.5) is 17.6 Å². The Morgan fingerprint density at radius 3 is 2.59 bits per heavy atom. The first-order chi connectivity index (χ1) is 10.5. The van der Waals surface area contributed by atoms with E-state index in [4.69, 9.17) is 9.47 Å². The van der Waals surface area contributed by atoms with Crippen LogP contribution in [0.1, 0.15) is 25.8 Å². The second-order valence-corrected chi connectivity index (χ2v) is 4.89. The normalized spacial score (nSPS) is 19.2. The molecule has 1 aromatic rings. The largest absolute Gasteiger partial charge is 0.498 e. The predicted molar refractivity (Wildman–Crippen MR) is 74.5 cm³/mol. The SMILES string of the molecule is CCOc1ccc(/C(F)=C(\F)C2CC=C(C)OC2)c(F)c1F. The molecule has 1 unspecified atom stereocenters. The van der Waals surface area contributed by atoms with Crippen LogP contribution in [0.2, 0.25) is 0 Å². The van der Waals surface area contributed by atoms with Crippen molar-refractivity contribution in [2.24, 2.45) is 5.92 Å². The maximum atomic E-state index is 14.1. The summed E-state index contributed by atoms with van der Waals surface area (Å²) in [4.78, 5) is 0. The highest BCUT2D eigenvalue weighted by molar-refractivity contribution is 5.63. The van der Waals surface area contributed by atoms with Crippen molar-refractivity contribution in [1.82, 2.24) is 0 Å². The van der Waals surface area contributed by atoms with E-state index in [9.17, 15) is 17.6 Å². The van der Waals surface area contributed by atoms with Crippen LogP contribution in [0.5, 0.6) is 5.75 Å². The van der Waals surface area contributed by atoms with Crippen molar-refractivity contribution in [3.8, 4) is 5.75 Å². The number of allylic oxidation sites excluding steroid dienone is 2. The van der Waals surface area contributed by atoms with E-state index in [1.807, 2.05) is 0 Å². The Bertz CT molecular complexity index is 623. The summed E-state index contributed by atoms with van der Waals surface area (Å²) in [6, 6.07) is 2.04. The van der Waals surface area contributed by atoms with Crippen molar-refractivity contribution in [1.29, 1.82) is 0 Å². The first kappa shape index (κ1) is 16.4. The number of rotatable bonds is 4. The predicted octanol–water partition coefficient (Wildman–Crippen LogP) is 4.91. The van der Waals surface area contributed by atoms with Gasteiger partial charge < -0.3 is 9.47 Å². The smallest absolute Gasteiger partial charge is 0.201 e. The Kier molecular flexibility index (Phi) is 5.11. The lowest BCUT2D eigenvalue weighted by molar-refractivity contribution is 0.151. The van der Waals surface area contributed by atoms with Crippen molar-refractivity contribution in [3.05, 3.63) is 47.0 Å². The van der Waals surface area contributed by atoms with Crippen molar-refractivity contribution in [2.45, 2.75) is 20.3 Å². The quantitative estimate of drug-likeness (QED) is 0.735. The fourth-order valence-electron chi connectivity index (χ4n) is 2.12. The highest BCUT2D eigenvalue weighted by Crippen LogP contribution is 2.34. The van der Waals surface area contributed by atoms with Crippen LogP contribution in [-0.4, -0.2) is 13.2 Å². The van der Waals surface area contributed by atoms with Crippen LogP contribution in [0.3, 0.4) is 0 Å². The number of halogens is 4. The number of hydrogen-bond acceptors (Lipinski definition) is 2. The maximum Gasteiger partial charge on any atom is 0.201 e. The Morgan fingerprint density at radius 1 is 1.27 bits per heavy atom. The van der Waals surface area contributed by atoms with E-state index in [1.165, 1.54) is 0 Å². The molecule has 1 aromatic carbocycles. The summed E-state index contributed by atoms with van der Waals surface area (Å²) in [5.74, 6) is -5.93. The minimum absolute atomic E-state index is 0.0390. The standard InChI is InChI=1S/C16H16F4O2/c1-3-21-12-7-6-11(15(19)16(12)20)14(18)13(17)10-5-4-9(2)22-8-10/h4,6-7,10H,3,5,8H2,1-2H3/b14-13+. The molecule has 1 heterocycles. The maximum absolute atomic E-state index is 14.1. The van der Waals surface area contributed by atoms with Gasteiger partial charge in [-0.3, -0.25) is 0 Å². The summed E-state index contributed by atoms with van der Waals surface area (Å²) in [6.07, 6.45) is 1.86. The van der Waals surface area contributed by atoms with Crippen LogP contribution in [0.25, 0.3) is 5.83 Å². The molecule has 120 valence electrons. The zero-order valence-electron chi connectivity index (χ0n) is 12.3. The highest BCUT2D eigenvalue weighted by Gasteiger charge is 2.26. The lowest BCUT2D eigenvalue weighted by Crippen LogP contribution is -2.14. The van der Waals surface area contributed by atoms with E-state index in [-0.39, 0.29) is 25.4 Å². The summed E-state index contributed by atoms with van der Waals surface area (Å²) < 4.78 is 65.9. The molecule has 6 heteroatoms. The van der Waals surface area contributed by atoms with Crippen LogP contribution in [-0.2, 0) is 4.74 Å². The fourth-order valence-corrected chi connectivity index (χ4v) is 2.12. The molecule has 0 saturated carbocycles. The van der Waals surface area contributed by atoms with Gasteiger partial charge in [0, 0.05) is 0 Å². The van der Waals surface area contributed by atoms with Crippen LogP contribution >= 0.6 is 0 Å². The molecule has 0 aliphatic carbocycles. The Morgan fingerprint density at radius 2 is 2.00 bits per heavy atom. The minimum Gasteiger partial charge on any atom is -0.498 e. The molecule has 0 spiro atoms. The van der Waals surface area contributed by atoms with E-state index >= 15 is 0 Å². The molecule has 2 rings (SSSR count). The van der Waals surface area contributed by atoms with Gasteiger partial charge in [0.05, 0.1) is 30.5 Å². The molecule has 2 nitrogen and oxygen atoms in total. The van der Waals surface area contributed by atoms with Crippen molar-refractivity contribution < 1.29 is 27.0 Å². The van der Waals surface area contributed by atoms with Gasteiger partial charge in [0.15, 0.2) is 17.4 Å². The highest BCUT2D eigenvalue weighted by atomic mass is 19.2. The van der Waals surface area contributed by atoms with Crippen molar-refractivity contribution >= 4 is 5.83 Å². The second-order valence-electron chi connectivity index (χ2n) is 4.89. The Balaban J connectivity index is 2.34. The summed E-state index contributed by atoms with van der Waals surface area (Å²) >= 11 is 0. The lowest BCUT2D eigenvalue weighted by atomic mass is 10.00. The molecular weight excluding hydrogens is 300 g/mol. The first-order valence-electron chi connectivity index (χ1n) is 6.91. The Labute approximate surface area is 126 Å². The van der Waals surface area contributed by atoms with E-state index in [0.29, 0.717) is 5.76 Å². The van der Waals surface area contributed by atoms with E-state index in [1.54, 1.807) is 19.9 Å². The van der Waals surface area contributed by atoms with Gasteiger partial charge in [-0.05, 0) is 38.5 Å². The molecule has 0 radical (unpaired) electrons. The third-order valence-electron chi connectivity index (χ3n) is 3.35. The number of hydrogen-bond donors (Lipinski definition) is 0. The van der Waals surface area contributed by atoms with Gasteiger partial charge in [-0.25, -0.2) is 13.2 Å². The topological polar surface area (TPSA) is 18.5 Å². The summed E-state index contributed by atoms with van der Waals surface area (Å²) in [7, 11) is 0. The molecule has 1 aliphatic heterocycles. The van der Waals surface area contributed by atoms with Gasteiger partial charge >= 0.3 is 0 Å². The van der Waals surface area contributed by atoms with Gasteiger partial charge in [-0.2, -0.15) is 4.39 Å². The first-order valence-corrected chi connectivity index (χ1v) is 6.91. The molecule has 1 atom stereocenters. The molecular formula is C16H16F4O2.